The molecule has 0 saturated heterocycles. The third-order valence-corrected chi connectivity index (χ3v) is 5.11. The summed E-state index contributed by atoms with van der Waals surface area (Å²) in [5.74, 6) is 0.592. The van der Waals surface area contributed by atoms with Gasteiger partial charge in [0.05, 0.1) is 22.4 Å². The lowest BCUT2D eigenvalue weighted by Crippen LogP contribution is -2.12. The molecular weight excluding hydrogens is 357 g/mol. The number of ketones is 1. The normalized spacial score (nSPS) is 16.4. The van der Waals surface area contributed by atoms with Crippen LogP contribution in [0.2, 0.25) is 0 Å². The number of rotatable bonds is 3. The van der Waals surface area contributed by atoms with E-state index >= 15 is 0 Å². The molecule has 1 N–H and O–H groups in total. The summed E-state index contributed by atoms with van der Waals surface area (Å²) in [6, 6.07) is 6.51. The second-order valence-electron chi connectivity index (χ2n) is 6.90. The van der Waals surface area contributed by atoms with Crippen LogP contribution in [0.15, 0.2) is 24.3 Å². The number of carbonyl (C=O) groups is 1. The summed E-state index contributed by atoms with van der Waals surface area (Å²) in [6.07, 6.45) is -1.67. The summed E-state index contributed by atoms with van der Waals surface area (Å²) in [5.41, 5.74) is 2.46. The van der Waals surface area contributed by atoms with Gasteiger partial charge in [0.2, 0.25) is 0 Å². The summed E-state index contributed by atoms with van der Waals surface area (Å²) in [6.45, 7) is 2.06. The minimum absolute atomic E-state index is 0.290. The highest BCUT2D eigenvalue weighted by atomic mass is 19.4. The van der Waals surface area contributed by atoms with Gasteiger partial charge in [-0.3, -0.25) is 9.48 Å². The number of aromatic amines is 1. The molecule has 0 amide bonds. The second-order valence-corrected chi connectivity index (χ2v) is 6.90. The number of hydrogen-bond acceptors (Lipinski definition) is 3. The maximum Gasteiger partial charge on any atom is 0.435 e. The van der Waals surface area contributed by atoms with Crippen LogP contribution in [0.25, 0.3) is 22.4 Å². The van der Waals surface area contributed by atoms with Crippen molar-refractivity contribution in [3.63, 3.8) is 0 Å². The summed E-state index contributed by atoms with van der Waals surface area (Å²) in [5, 5.41) is 3.65. The minimum atomic E-state index is -4.49. The molecule has 1 aliphatic carbocycles. The predicted octanol–water partition coefficient (Wildman–Crippen LogP) is 4.69. The van der Waals surface area contributed by atoms with E-state index in [1.54, 1.807) is 13.0 Å². The Hall–Kier alpha value is -2.64. The van der Waals surface area contributed by atoms with Crippen LogP contribution in [0.4, 0.5) is 13.2 Å². The van der Waals surface area contributed by atoms with Crippen LogP contribution < -0.4 is 0 Å². The predicted molar refractivity (Wildman–Crippen MR) is 94.2 cm³/mol. The first-order valence-corrected chi connectivity index (χ1v) is 9.02. The zero-order valence-electron chi connectivity index (χ0n) is 14.8. The lowest BCUT2D eigenvalue weighted by molar-refractivity contribution is -0.141. The number of Topliss-reactive ketones (excluding diaryl/α,β-unsaturated/α-hetero) is 1. The van der Waals surface area contributed by atoms with Crippen molar-refractivity contribution in [3.05, 3.63) is 35.7 Å². The van der Waals surface area contributed by atoms with Crippen LogP contribution in [0, 0.1) is 0 Å². The molecule has 1 saturated carbocycles. The first-order valence-electron chi connectivity index (χ1n) is 9.02. The Morgan fingerprint density at radius 2 is 1.96 bits per heavy atom. The number of nitrogens with one attached hydrogen (secondary N) is 1. The molecule has 1 fully saturated rings. The van der Waals surface area contributed by atoms with Crippen LogP contribution >= 0.6 is 0 Å². The Kier molecular flexibility index (Phi) is 4.28. The summed E-state index contributed by atoms with van der Waals surface area (Å²) in [4.78, 5) is 19.3. The maximum absolute atomic E-state index is 13.0. The van der Waals surface area contributed by atoms with Gasteiger partial charge >= 0.3 is 6.18 Å². The van der Waals surface area contributed by atoms with Gasteiger partial charge in [0.15, 0.2) is 5.69 Å². The molecule has 0 aromatic carbocycles. The Morgan fingerprint density at radius 1 is 1.22 bits per heavy atom. The molecule has 0 radical (unpaired) electrons. The standard InChI is InChI=1S/C19H19F3N4O/c1-2-26-17(10-18(25-26)19(20,21)22)14-8-7-13-16(24-14)9-15(23-13)11-3-5-12(27)6-4-11/h7-11,23H,2-6H2,1H3. The molecule has 3 heterocycles. The Balaban J connectivity index is 1.70. The first-order chi connectivity index (χ1) is 12.8. The van der Waals surface area contributed by atoms with Gasteiger partial charge in [-0.2, -0.15) is 18.3 Å². The van der Waals surface area contributed by atoms with Gasteiger partial charge < -0.3 is 4.98 Å². The van der Waals surface area contributed by atoms with Gasteiger partial charge in [-0.1, -0.05) is 0 Å². The first kappa shape index (κ1) is 17.8. The molecule has 8 heteroatoms. The molecule has 0 unspecified atom stereocenters. The van der Waals surface area contributed by atoms with Crippen LogP contribution in [0.1, 0.15) is 49.9 Å². The molecule has 3 aromatic heterocycles. The van der Waals surface area contributed by atoms with E-state index in [1.165, 1.54) is 4.68 Å². The zero-order chi connectivity index (χ0) is 19.2. The van der Waals surface area contributed by atoms with Gasteiger partial charge in [0, 0.05) is 25.1 Å². The van der Waals surface area contributed by atoms with Gasteiger partial charge in [-0.25, -0.2) is 4.98 Å². The third kappa shape index (κ3) is 3.36. The van der Waals surface area contributed by atoms with Crippen LogP contribution in [0.5, 0.6) is 0 Å². The fourth-order valence-electron chi connectivity index (χ4n) is 3.65. The SMILES string of the molecule is CCn1nc(C(F)(F)F)cc1-c1ccc2[nH]c(C3CCC(=O)CC3)cc2n1. The Morgan fingerprint density at radius 3 is 2.63 bits per heavy atom. The summed E-state index contributed by atoms with van der Waals surface area (Å²) < 4.78 is 40.3. The van der Waals surface area contributed by atoms with E-state index < -0.39 is 11.9 Å². The molecular formula is C19H19F3N4O. The molecule has 4 rings (SSSR count). The molecule has 0 spiro atoms. The van der Waals surface area contributed by atoms with Crippen molar-refractivity contribution in [2.45, 2.75) is 51.2 Å². The molecule has 27 heavy (non-hydrogen) atoms. The molecule has 0 bridgehead atoms. The number of fused-ring (bicyclic) bond motifs is 1. The van der Waals surface area contributed by atoms with Crippen molar-refractivity contribution in [2.24, 2.45) is 0 Å². The van der Waals surface area contributed by atoms with Crippen molar-refractivity contribution in [2.75, 3.05) is 0 Å². The van der Waals surface area contributed by atoms with Crippen molar-refractivity contribution in [3.8, 4) is 11.4 Å². The average molecular weight is 376 g/mol. The summed E-state index contributed by atoms with van der Waals surface area (Å²) >= 11 is 0. The lowest BCUT2D eigenvalue weighted by Gasteiger charge is -2.19. The number of hydrogen-bond donors (Lipinski definition) is 1. The zero-order valence-corrected chi connectivity index (χ0v) is 14.8. The fraction of sp³-hybridized carbons (Fsp3) is 0.421. The molecule has 142 valence electrons. The highest BCUT2D eigenvalue weighted by molar-refractivity contribution is 5.81. The average Bonchev–Trinajstić information content (AvgIpc) is 3.25. The molecule has 0 atom stereocenters. The Bertz CT molecular complexity index is 992. The fourth-order valence-corrected chi connectivity index (χ4v) is 3.65. The van der Waals surface area contributed by atoms with E-state index in [4.69, 9.17) is 0 Å². The van der Waals surface area contributed by atoms with Gasteiger partial charge in [0.25, 0.3) is 0 Å². The van der Waals surface area contributed by atoms with Crippen LogP contribution in [-0.2, 0) is 17.5 Å². The quantitative estimate of drug-likeness (QED) is 0.721. The topological polar surface area (TPSA) is 63.6 Å². The molecule has 1 aliphatic rings. The lowest BCUT2D eigenvalue weighted by atomic mass is 9.86. The maximum atomic E-state index is 13.0. The van der Waals surface area contributed by atoms with Crippen LogP contribution in [0.3, 0.4) is 0 Å². The van der Waals surface area contributed by atoms with Crippen molar-refractivity contribution in [1.29, 1.82) is 0 Å². The van der Waals surface area contributed by atoms with E-state index in [0.717, 1.165) is 30.1 Å². The number of H-pyrrole nitrogens is 1. The number of pyridine rings is 1. The van der Waals surface area contributed by atoms with Gasteiger partial charge in [-0.05, 0) is 49.9 Å². The number of carbonyl (C=O) groups excluding carboxylic acids is 1. The number of aryl methyl sites for hydroxylation is 1. The highest BCUT2D eigenvalue weighted by Gasteiger charge is 2.35. The molecule has 0 aliphatic heterocycles. The monoisotopic (exact) mass is 376 g/mol. The van der Waals surface area contributed by atoms with Gasteiger partial charge in [0.1, 0.15) is 5.78 Å². The molecule has 3 aromatic rings. The number of halogens is 3. The number of aromatic nitrogens is 4. The number of alkyl halides is 3. The smallest absolute Gasteiger partial charge is 0.357 e. The molecule has 5 nitrogen and oxygen atoms in total. The van der Waals surface area contributed by atoms with Crippen molar-refractivity contribution < 1.29 is 18.0 Å². The van der Waals surface area contributed by atoms with E-state index in [1.807, 2.05) is 12.1 Å². The van der Waals surface area contributed by atoms with E-state index in [9.17, 15) is 18.0 Å². The summed E-state index contributed by atoms with van der Waals surface area (Å²) in [7, 11) is 0. The van der Waals surface area contributed by atoms with E-state index in [2.05, 4.69) is 15.1 Å². The van der Waals surface area contributed by atoms with Gasteiger partial charge in [-0.15, -0.1) is 0 Å². The van der Waals surface area contributed by atoms with Crippen LogP contribution in [-0.4, -0.2) is 25.5 Å². The van der Waals surface area contributed by atoms with Crippen molar-refractivity contribution in [1.82, 2.24) is 19.7 Å². The Labute approximate surface area is 153 Å². The highest BCUT2D eigenvalue weighted by Crippen LogP contribution is 2.34. The van der Waals surface area contributed by atoms with E-state index in [-0.39, 0.29) is 0 Å². The second kappa shape index (κ2) is 6.51. The third-order valence-electron chi connectivity index (χ3n) is 5.11. The van der Waals surface area contributed by atoms with Crippen molar-refractivity contribution >= 4 is 16.8 Å². The largest absolute Gasteiger partial charge is 0.435 e. The minimum Gasteiger partial charge on any atom is -0.357 e. The van der Waals surface area contributed by atoms with E-state index in [0.29, 0.717) is 48.0 Å². The number of nitrogens with zero attached hydrogens (tertiary/aromatic N) is 3.